The molecule has 0 heterocycles. The summed E-state index contributed by atoms with van der Waals surface area (Å²) in [6.07, 6.45) is -1.05. The molecule has 18 heavy (non-hydrogen) atoms. The molecule has 1 saturated carbocycles. The summed E-state index contributed by atoms with van der Waals surface area (Å²) in [6, 6.07) is 5.16. The molecule has 100 valence electrons. The molecule has 0 amide bonds. The Kier molecular flexibility index (Phi) is 4.17. The molecule has 1 aliphatic rings. The lowest BCUT2D eigenvalue weighted by molar-refractivity contribution is -0.274. The Bertz CT molecular complexity index is 418. The fourth-order valence-corrected chi connectivity index (χ4v) is 2.24. The van der Waals surface area contributed by atoms with Crippen molar-refractivity contribution in [3.63, 3.8) is 0 Å². The van der Waals surface area contributed by atoms with Gasteiger partial charge in [-0.2, -0.15) is 0 Å². The Morgan fingerprint density at radius 2 is 2.06 bits per heavy atom. The second-order valence-corrected chi connectivity index (χ2v) is 5.18. The molecule has 6 heteroatoms. The van der Waals surface area contributed by atoms with Gasteiger partial charge in [-0.05, 0) is 46.5 Å². The summed E-state index contributed by atoms with van der Waals surface area (Å²) in [4.78, 5) is 0. The molecule has 0 saturated heterocycles. The van der Waals surface area contributed by atoms with Crippen molar-refractivity contribution in [1.82, 2.24) is 5.32 Å². The fourth-order valence-electron chi connectivity index (χ4n) is 1.74. The minimum Gasteiger partial charge on any atom is -0.405 e. The van der Waals surface area contributed by atoms with Crippen molar-refractivity contribution >= 4 is 15.9 Å². The molecule has 1 aromatic rings. The molecule has 0 aromatic heterocycles. The highest BCUT2D eigenvalue weighted by molar-refractivity contribution is 9.10. The number of alkyl halides is 3. The first-order chi connectivity index (χ1) is 8.44. The van der Waals surface area contributed by atoms with E-state index < -0.39 is 6.36 Å². The van der Waals surface area contributed by atoms with Crippen LogP contribution in [0.3, 0.4) is 0 Å². The Hall–Kier alpha value is -0.750. The van der Waals surface area contributed by atoms with E-state index in [0.29, 0.717) is 17.1 Å². The maximum Gasteiger partial charge on any atom is 0.573 e. The predicted octanol–water partition coefficient (Wildman–Crippen LogP) is 3.99. The van der Waals surface area contributed by atoms with Gasteiger partial charge in [0.05, 0.1) is 4.47 Å². The van der Waals surface area contributed by atoms with Gasteiger partial charge >= 0.3 is 6.36 Å². The van der Waals surface area contributed by atoms with Crippen molar-refractivity contribution < 1.29 is 17.9 Å². The first-order valence-electron chi connectivity index (χ1n) is 5.71. The Labute approximate surface area is 112 Å². The maximum absolute atomic E-state index is 12.1. The van der Waals surface area contributed by atoms with Gasteiger partial charge in [-0.1, -0.05) is 12.5 Å². The molecule has 0 radical (unpaired) electrons. The quantitative estimate of drug-likeness (QED) is 0.904. The van der Waals surface area contributed by atoms with Gasteiger partial charge in [0.2, 0.25) is 0 Å². The summed E-state index contributed by atoms with van der Waals surface area (Å²) in [5, 5.41) is 3.35. The van der Waals surface area contributed by atoms with E-state index in [0.717, 1.165) is 5.56 Å². The normalized spacial score (nSPS) is 16.4. The topological polar surface area (TPSA) is 21.3 Å². The molecule has 1 fully saturated rings. The third-order valence-corrected chi connectivity index (χ3v) is 3.54. The van der Waals surface area contributed by atoms with Gasteiger partial charge in [0, 0.05) is 12.6 Å². The van der Waals surface area contributed by atoms with E-state index in [-0.39, 0.29) is 5.75 Å². The third-order valence-electron chi connectivity index (χ3n) is 2.92. The molecule has 1 N–H and O–H groups in total. The summed E-state index contributed by atoms with van der Waals surface area (Å²) in [7, 11) is 0. The van der Waals surface area contributed by atoms with Crippen molar-refractivity contribution in [2.45, 2.75) is 38.2 Å². The van der Waals surface area contributed by atoms with Crippen LogP contribution in [-0.4, -0.2) is 12.4 Å². The zero-order valence-corrected chi connectivity index (χ0v) is 11.1. The van der Waals surface area contributed by atoms with Crippen LogP contribution in [-0.2, 0) is 6.54 Å². The van der Waals surface area contributed by atoms with Crippen molar-refractivity contribution in [3.05, 3.63) is 28.2 Å². The van der Waals surface area contributed by atoms with E-state index >= 15 is 0 Å². The van der Waals surface area contributed by atoms with Crippen LogP contribution in [0.1, 0.15) is 24.8 Å². The van der Waals surface area contributed by atoms with Gasteiger partial charge in [-0.25, -0.2) is 0 Å². The zero-order valence-electron chi connectivity index (χ0n) is 9.56. The minimum atomic E-state index is -4.66. The maximum atomic E-state index is 12.1. The van der Waals surface area contributed by atoms with Crippen LogP contribution >= 0.6 is 15.9 Å². The number of rotatable bonds is 4. The minimum absolute atomic E-state index is 0.213. The zero-order chi connectivity index (χ0) is 13.2. The van der Waals surface area contributed by atoms with Gasteiger partial charge in [-0.15, -0.1) is 13.2 Å². The summed E-state index contributed by atoms with van der Waals surface area (Å²) in [5.41, 5.74) is 0.934. The summed E-state index contributed by atoms with van der Waals surface area (Å²) >= 11 is 3.09. The Morgan fingerprint density at radius 3 is 2.56 bits per heavy atom. The van der Waals surface area contributed by atoms with Gasteiger partial charge in [0.1, 0.15) is 5.75 Å². The highest BCUT2D eigenvalue weighted by Gasteiger charge is 2.31. The molecular weight excluding hydrogens is 311 g/mol. The van der Waals surface area contributed by atoms with E-state index in [9.17, 15) is 13.2 Å². The first-order valence-corrected chi connectivity index (χ1v) is 6.51. The first kappa shape index (κ1) is 13.7. The number of benzene rings is 1. The summed E-state index contributed by atoms with van der Waals surface area (Å²) < 4.78 is 40.4. The van der Waals surface area contributed by atoms with E-state index in [4.69, 9.17) is 0 Å². The summed E-state index contributed by atoms with van der Waals surface area (Å²) in [5.74, 6) is -0.213. The molecule has 1 aliphatic carbocycles. The van der Waals surface area contributed by atoms with E-state index in [2.05, 4.69) is 26.0 Å². The molecule has 0 spiro atoms. The Morgan fingerprint density at radius 1 is 1.33 bits per heavy atom. The van der Waals surface area contributed by atoms with E-state index in [1.807, 2.05) is 0 Å². The lowest BCUT2D eigenvalue weighted by Crippen LogP contribution is -2.34. The molecule has 2 nitrogen and oxygen atoms in total. The van der Waals surface area contributed by atoms with E-state index in [1.54, 1.807) is 12.1 Å². The van der Waals surface area contributed by atoms with Crippen LogP contribution in [0.5, 0.6) is 5.75 Å². The molecular formula is C12H13BrF3NO. The molecule has 2 rings (SSSR count). The molecule has 0 unspecified atom stereocenters. The van der Waals surface area contributed by atoms with Crippen molar-refractivity contribution in [3.8, 4) is 5.75 Å². The fraction of sp³-hybridized carbons (Fsp3) is 0.500. The van der Waals surface area contributed by atoms with Gasteiger partial charge in [-0.3, -0.25) is 0 Å². The molecule has 0 bridgehead atoms. The largest absolute Gasteiger partial charge is 0.573 e. The average Bonchev–Trinajstić information content (AvgIpc) is 2.18. The van der Waals surface area contributed by atoms with Crippen molar-refractivity contribution in [1.29, 1.82) is 0 Å². The second kappa shape index (κ2) is 5.48. The van der Waals surface area contributed by atoms with E-state index in [1.165, 1.54) is 25.3 Å². The predicted molar refractivity (Wildman–Crippen MR) is 65.3 cm³/mol. The van der Waals surface area contributed by atoms with Gasteiger partial charge in [0.15, 0.2) is 0 Å². The monoisotopic (exact) mass is 323 g/mol. The third kappa shape index (κ3) is 3.88. The number of ether oxygens (including phenoxy) is 1. The highest BCUT2D eigenvalue weighted by atomic mass is 79.9. The van der Waals surface area contributed by atoms with Crippen LogP contribution in [0.15, 0.2) is 22.7 Å². The summed E-state index contributed by atoms with van der Waals surface area (Å²) in [6.45, 7) is 0.662. The van der Waals surface area contributed by atoms with Crippen molar-refractivity contribution in [2.75, 3.05) is 0 Å². The standard InChI is InChI=1S/C12H13BrF3NO/c13-10-6-8(7-17-9-2-1-3-9)4-5-11(10)18-12(14,15)16/h4-6,9,17H,1-3,7H2. The lowest BCUT2D eigenvalue weighted by atomic mass is 9.93. The van der Waals surface area contributed by atoms with Crippen LogP contribution < -0.4 is 10.1 Å². The lowest BCUT2D eigenvalue weighted by Gasteiger charge is -2.26. The molecule has 0 aliphatic heterocycles. The average molecular weight is 324 g/mol. The molecule has 0 atom stereocenters. The van der Waals surface area contributed by atoms with Gasteiger partial charge in [0.25, 0.3) is 0 Å². The highest BCUT2D eigenvalue weighted by Crippen LogP contribution is 2.31. The number of hydrogen-bond donors (Lipinski definition) is 1. The number of halogens is 4. The van der Waals surface area contributed by atoms with Crippen molar-refractivity contribution in [2.24, 2.45) is 0 Å². The van der Waals surface area contributed by atoms with Crippen LogP contribution in [0.25, 0.3) is 0 Å². The molecule has 1 aromatic carbocycles. The Balaban J connectivity index is 1.95. The van der Waals surface area contributed by atoms with Gasteiger partial charge < -0.3 is 10.1 Å². The second-order valence-electron chi connectivity index (χ2n) is 4.32. The number of hydrogen-bond acceptors (Lipinski definition) is 2. The smallest absolute Gasteiger partial charge is 0.405 e. The van der Waals surface area contributed by atoms with Crippen LogP contribution in [0.2, 0.25) is 0 Å². The number of nitrogens with one attached hydrogen (secondary N) is 1. The SMILES string of the molecule is FC(F)(F)Oc1ccc(CNC2CCC2)cc1Br. The van der Waals surface area contributed by atoms with Crippen LogP contribution in [0.4, 0.5) is 13.2 Å². The van der Waals surface area contributed by atoms with Crippen LogP contribution in [0, 0.1) is 0 Å².